The number of nitriles is 1. The van der Waals surface area contributed by atoms with Crippen LogP contribution in [0.5, 0.6) is 0 Å². The minimum absolute atomic E-state index is 0.284. The van der Waals surface area contributed by atoms with Gasteiger partial charge in [0.1, 0.15) is 11.4 Å². The molecule has 0 aliphatic heterocycles. The highest BCUT2D eigenvalue weighted by Gasteiger charge is 2.26. The van der Waals surface area contributed by atoms with Crippen LogP contribution in [0.25, 0.3) is 0 Å². The van der Waals surface area contributed by atoms with Crippen molar-refractivity contribution in [3.8, 4) is 6.07 Å². The Morgan fingerprint density at radius 2 is 2.18 bits per heavy atom. The number of rotatable bonds is 6. The van der Waals surface area contributed by atoms with Crippen LogP contribution < -0.4 is 5.32 Å². The van der Waals surface area contributed by atoms with Crippen molar-refractivity contribution in [2.45, 2.75) is 45.1 Å². The third-order valence-electron chi connectivity index (χ3n) is 2.98. The monoisotopic (exact) mass is 234 g/mol. The number of halogens is 1. The van der Waals surface area contributed by atoms with Gasteiger partial charge in [-0.15, -0.1) is 0 Å². The first-order chi connectivity index (χ1) is 8.15. The maximum absolute atomic E-state index is 13.1. The summed E-state index contributed by atoms with van der Waals surface area (Å²) in [6.07, 6.45) is 3.53. The van der Waals surface area contributed by atoms with Gasteiger partial charge in [-0.05, 0) is 31.0 Å². The summed E-state index contributed by atoms with van der Waals surface area (Å²) < 4.78 is 13.1. The zero-order valence-electron chi connectivity index (χ0n) is 10.5. The molecule has 1 atom stereocenters. The van der Waals surface area contributed by atoms with Crippen molar-refractivity contribution in [1.82, 2.24) is 0 Å². The van der Waals surface area contributed by atoms with Crippen molar-refractivity contribution in [3.63, 3.8) is 0 Å². The predicted molar refractivity (Wildman–Crippen MR) is 68.2 cm³/mol. The van der Waals surface area contributed by atoms with Crippen LogP contribution >= 0.6 is 0 Å². The molecule has 0 spiro atoms. The molecule has 92 valence electrons. The zero-order chi connectivity index (χ0) is 12.7. The molecule has 1 unspecified atom stereocenters. The fourth-order valence-electron chi connectivity index (χ4n) is 1.81. The average molecular weight is 234 g/mol. The first-order valence-electron chi connectivity index (χ1n) is 6.11. The molecule has 0 saturated carbocycles. The average Bonchev–Trinajstić information content (AvgIpc) is 2.35. The summed E-state index contributed by atoms with van der Waals surface area (Å²) in [6, 6.07) is 8.60. The van der Waals surface area contributed by atoms with Gasteiger partial charge in [0.2, 0.25) is 0 Å². The lowest BCUT2D eigenvalue weighted by Crippen LogP contribution is -2.35. The quantitative estimate of drug-likeness (QED) is 0.804. The molecule has 2 nitrogen and oxygen atoms in total. The Morgan fingerprint density at radius 3 is 2.71 bits per heavy atom. The lowest BCUT2D eigenvalue weighted by atomic mass is 9.91. The van der Waals surface area contributed by atoms with Crippen LogP contribution in [0, 0.1) is 17.1 Å². The Labute approximate surface area is 102 Å². The topological polar surface area (TPSA) is 35.8 Å². The highest BCUT2D eigenvalue weighted by molar-refractivity contribution is 5.47. The minimum atomic E-state index is -0.580. The van der Waals surface area contributed by atoms with Gasteiger partial charge in [0, 0.05) is 5.69 Å². The molecule has 1 aromatic rings. The summed E-state index contributed by atoms with van der Waals surface area (Å²) in [6.45, 7) is 4.07. The molecular weight excluding hydrogens is 215 g/mol. The van der Waals surface area contributed by atoms with Crippen LogP contribution in [0.1, 0.15) is 39.5 Å². The van der Waals surface area contributed by atoms with E-state index in [0.717, 1.165) is 19.3 Å². The molecule has 0 radical (unpaired) electrons. The van der Waals surface area contributed by atoms with Crippen LogP contribution in [0.4, 0.5) is 10.1 Å². The van der Waals surface area contributed by atoms with Gasteiger partial charge < -0.3 is 5.32 Å². The number of hydrogen-bond donors (Lipinski definition) is 1. The molecule has 0 aromatic heterocycles. The first-order valence-corrected chi connectivity index (χ1v) is 6.11. The van der Waals surface area contributed by atoms with Crippen molar-refractivity contribution in [3.05, 3.63) is 30.1 Å². The zero-order valence-corrected chi connectivity index (χ0v) is 10.5. The number of benzene rings is 1. The second-order valence-electron chi connectivity index (χ2n) is 4.29. The molecule has 3 heteroatoms. The predicted octanol–water partition coefficient (Wildman–Crippen LogP) is 4.10. The van der Waals surface area contributed by atoms with Gasteiger partial charge in [0.15, 0.2) is 0 Å². The second-order valence-corrected chi connectivity index (χ2v) is 4.29. The second kappa shape index (κ2) is 6.24. The van der Waals surface area contributed by atoms with E-state index < -0.39 is 5.54 Å². The maximum atomic E-state index is 13.1. The Bertz CT molecular complexity index is 397. The summed E-state index contributed by atoms with van der Waals surface area (Å²) in [4.78, 5) is 0. The fourth-order valence-corrected chi connectivity index (χ4v) is 1.81. The normalized spacial score (nSPS) is 13.8. The first kappa shape index (κ1) is 13.5. The van der Waals surface area contributed by atoms with E-state index >= 15 is 0 Å². The Kier molecular flexibility index (Phi) is 4.96. The smallest absolute Gasteiger partial charge is 0.125 e. The molecule has 0 heterocycles. The number of nitrogens with zero attached hydrogens (tertiary/aromatic N) is 1. The standard InChI is InChI=1S/C14H19FN2/c1-3-5-9-14(4-2,11-16)17-13-8-6-7-12(15)10-13/h6-8,10,17H,3-5,9H2,1-2H3. The van der Waals surface area contributed by atoms with Gasteiger partial charge in [-0.3, -0.25) is 0 Å². The number of anilines is 1. The largest absolute Gasteiger partial charge is 0.367 e. The maximum Gasteiger partial charge on any atom is 0.125 e. The highest BCUT2D eigenvalue weighted by atomic mass is 19.1. The summed E-state index contributed by atoms with van der Waals surface area (Å²) in [5, 5.41) is 12.5. The van der Waals surface area contributed by atoms with Gasteiger partial charge in [0.25, 0.3) is 0 Å². The summed E-state index contributed by atoms with van der Waals surface area (Å²) in [5.74, 6) is -0.284. The molecule has 1 aromatic carbocycles. The third-order valence-corrected chi connectivity index (χ3v) is 2.98. The van der Waals surface area contributed by atoms with Gasteiger partial charge in [-0.1, -0.05) is 32.8 Å². The van der Waals surface area contributed by atoms with E-state index in [4.69, 9.17) is 0 Å². The van der Waals surface area contributed by atoms with Crippen molar-refractivity contribution < 1.29 is 4.39 Å². The van der Waals surface area contributed by atoms with Crippen LogP contribution in [-0.2, 0) is 0 Å². The van der Waals surface area contributed by atoms with E-state index in [0.29, 0.717) is 12.1 Å². The van der Waals surface area contributed by atoms with Crippen molar-refractivity contribution in [2.75, 3.05) is 5.32 Å². The lowest BCUT2D eigenvalue weighted by molar-refractivity contribution is 0.497. The van der Waals surface area contributed by atoms with Crippen molar-refractivity contribution in [1.29, 1.82) is 5.26 Å². The molecule has 17 heavy (non-hydrogen) atoms. The van der Waals surface area contributed by atoms with E-state index in [1.807, 2.05) is 6.92 Å². The highest BCUT2D eigenvalue weighted by Crippen LogP contribution is 2.24. The van der Waals surface area contributed by atoms with Crippen LogP contribution in [0.3, 0.4) is 0 Å². The van der Waals surface area contributed by atoms with Crippen LogP contribution in [-0.4, -0.2) is 5.54 Å². The Hall–Kier alpha value is -1.56. The number of nitrogens with one attached hydrogen (secondary N) is 1. The molecule has 0 bridgehead atoms. The summed E-state index contributed by atoms with van der Waals surface area (Å²) in [7, 11) is 0. The summed E-state index contributed by atoms with van der Waals surface area (Å²) >= 11 is 0. The molecule has 0 fully saturated rings. The van der Waals surface area contributed by atoms with Gasteiger partial charge in [-0.2, -0.15) is 5.26 Å². The minimum Gasteiger partial charge on any atom is -0.367 e. The van der Waals surface area contributed by atoms with Gasteiger partial charge in [-0.25, -0.2) is 4.39 Å². The Balaban J connectivity index is 2.83. The third kappa shape index (κ3) is 3.74. The van der Waals surface area contributed by atoms with E-state index in [-0.39, 0.29) is 5.82 Å². The van der Waals surface area contributed by atoms with Crippen molar-refractivity contribution >= 4 is 5.69 Å². The lowest BCUT2D eigenvalue weighted by Gasteiger charge is -2.27. The van der Waals surface area contributed by atoms with E-state index in [1.165, 1.54) is 12.1 Å². The van der Waals surface area contributed by atoms with Gasteiger partial charge in [0.05, 0.1) is 6.07 Å². The fraction of sp³-hybridized carbons (Fsp3) is 0.500. The van der Waals surface area contributed by atoms with E-state index in [9.17, 15) is 9.65 Å². The van der Waals surface area contributed by atoms with Crippen LogP contribution in [0.15, 0.2) is 24.3 Å². The molecule has 1 rings (SSSR count). The molecule has 1 N–H and O–H groups in total. The van der Waals surface area contributed by atoms with E-state index in [2.05, 4.69) is 18.3 Å². The molecular formula is C14H19FN2. The Morgan fingerprint density at radius 1 is 1.41 bits per heavy atom. The molecule has 0 saturated heterocycles. The summed E-state index contributed by atoms with van der Waals surface area (Å²) in [5.41, 5.74) is 0.0913. The van der Waals surface area contributed by atoms with Gasteiger partial charge >= 0.3 is 0 Å². The molecule has 0 aliphatic rings. The number of hydrogen-bond acceptors (Lipinski definition) is 2. The van der Waals surface area contributed by atoms with Crippen molar-refractivity contribution in [2.24, 2.45) is 0 Å². The molecule has 0 amide bonds. The number of unbranched alkanes of at least 4 members (excludes halogenated alkanes) is 1. The van der Waals surface area contributed by atoms with E-state index in [1.54, 1.807) is 12.1 Å². The van der Waals surface area contributed by atoms with Crippen LogP contribution in [0.2, 0.25) is 0 Å². The SMILES string of the molecule is CCCCC(C#N)(CC)Nc1cccc(F)c1. The molecule has 0 aliphatic carbocycles.